The minimum absolute atomic E-state index is 0.289. The molecule has 2 aromatic rings. The van der Waals surface area contributed by atoms with E-state index in [1.165, 1.54) is 0 Å². The molecule has 34 heavy (non-hydrogen) atoms. The summed E-state index contributed by atoms with van der Waals surface area (Å²) in [6.45, 7) is 1.81. The number of nitro groups is 2. The van der Waals surface area contributed by atoms with Gasteiger partial charge in [-0.25, -0.2) is 4.79 Å². The number of nitro benzene ring substituents is 2. The van der Waals surface area contributed by atoms with E-state index in [1.54, 1.807) is 24.3 Å². The number of carbonyl (C=O) groups is 4. The van der Waals surface area contributed by atoms with Gasteiger partial charge in [0.2, 0.25) is 11.8 Å². The molecule has 1 aliphatic rings. The molecule has 1 aliphatic heterocycles. The number of amides is 5. The van der Waals surface area contributed by atoms with Crippen LogP contribution in [0.3, 0.4) is 0 Å². The van der Waals surface area contributed by atoms with E-state index in [9.17, 15) is 39.4 Å². The Kier molecular flexibility index (Phi) is 6.56. The molecule has 0 radical (unpaired) electrons. The molecule has 3 rings (SSSR count). The zero-order valence-corrected chi connectivity index (χ0v) is 17.2. The average Bonchev–Trinajstić information content (AvgIpc) is 2.76. The lowest BCUT2D eigenvalue weighted by Crippen LogP contribution is -2.59. The summed E-state index contributed by atoms with van der Waals surface area (Å²) in [5, 5.41) is 32.1. The fourth-order valence-corrected chi connectivity index (χ4v) is 2.84. The number of carbonyl (C=O) groups excluding carboxylic acids is 4. The second kappa shape index (κ2) is 9.51. The summed E-state index contributed by atoms with van der Waals surface area (Å²) >= 11 is 0. The molecule has 0 aliphatic carbocycles. The number of imide groups is 2. The molecule has 15 heteroatoms. The highest BCUT2D eigenvalue weighted by molar-refractivity contribution is 6.51. The standard InChI is InChI=1S/C19H15N7O8/c1-9-2-4-10(5-3-9)20-18(29)15(14-16(27)21-19(30)22-17(14)28)24-23-12-7-6-11(25(31)32)8-13(12)26(33)34/h2-8,14,23H,1H3,(H,20,29)(H2,21,22,27,28,30)/b24-15+. The van der Waals surface area contributed by atoms with Crippen LogP contribution >= 0.6 is 0 Å². The highest BCUT2D eigenvalue weighted by Crippen LogP contribution is 2.29. The average molecular weight is 469 g/mol. The molecule has 2 aromatic carbocycles. The van der Waals surface area contributed by atoms with Gasteiger partial charge in [-0.2, -0.15) is 5.10 Å². The Hall–Kier alpha value is -5.21. The van der Waals surface area contributed by atoms with Gasteiger partial charge in [0.1, 0.15) is 11.4 Å². The first-order chi connectivity index (χ1) is 16.1. The van der Waals surface area contributed by atoms with E-state index in [0.717, 1.165) is 17.7 Å². The number of aryl methyl sites for hydroxylation is 1. The van der Waals surface area contributed by atoms with E-state index in [1.807, 2.05) is 17.6 Å². The third-order valence-corrected chi connectivity index (χ3v) is 4.50. The SMILES string of the molecule is Cc1ccc(NC(=O)/C(=N/Nc2ccc([N+](=O)[O-])cc2[N+](=O)[O-])C2C(=O)NC(=O)NC2=O)cc1. The number of anilines is 2. The monoisotopic (exact) mass is 469 g/mol. The van der Waals surface area contributed by atoms with Crippen molar-refractivity contribution in [2.45, 2.75) is 6.92 Å². The number of nitrogens with one attached hydrogen (secondary N) is 4. The molecule has 1 saturated heterocycles. The Morgan fingerprint density at radius 3 is 2.15 bits per heavy atom. The summed E-state index contributed by atoms with van der Waals surface area (Å²) in [7, 11) is 0. The topological polar surface area (TPSA) is 215 Å². The number of rotatable bonds is 7. The third kappa shape index (κ3) is 5.16. The molecule has 1 fully saturated rings. The van der Waals surface area contributed by atoms with E-state index in [2.05, 4.69) is 15.8 Å². The predicted octanol–water partition coefficient (Wildman–Crippen LogP) is 1.20. The maximum atomic E-state index is 12.9. The van der Waals surface area contributed by atoms with Gasteiger partial charge < -0.3 is 5.32 Å². The Bertz CT molecular complexity index is 1240. The number of urea groups is 1. The number of hydrogen-bond acceptors (Lipinski definition) is 10. The van der Waals surface area contributed by atoms with Crippen LogP contribution < -0.4 is 21.4 Å². The molecule has 0 spiro atoms. The number of non-ortho nitro benzene ring substituents is 1. The molecule has 1 heterocycles. The van der Waals surface area contributed by atoms with Crippen molar-refractivity contribution in [3.05, 3.63) is 68.3 Å². The van der Waals surface area contributed by atoms with Gasteiger partial charge in [0.05, 0.1) is 15.9 Å². The van der Waals surface area contributed by atoms with Crippen LogP contribution in [0, 0.1) is 33.1 Å². The van der Waals surface area contributed by atoms with Gasteiger partial charge in [-0.1, -0.05) is 17.7 Å². The van der Waals surface area contributed by atoms with Crippen molar-refractivity contribution in [1.82, 2.24) is 10.6 Å². The second-order valence-corrected chi connectivity index (χ2v) is 6.89. The van der Waals surface area contributed by atoms with Gasteiger partial charge in [0.15, 0.2) is 5.92 Å². The minimum Gasteiger partial charge on any atom is -0.321 e. The van der Waals surface area contributed by atoms with Crippen molar-refractivity contribution >= 4 is 52.2 Å². The van der Waals surface area contributed by atoms with Crippen LogP contribution in [-0.2, 0) is 14.4 Å². The van der Waals surface area contributed by atoms with Crippen molar-refractivity contribution in [2.75, 3.05) is 10.7 Å². The van der Waals surface area contributed by atoms with Crippen LogP contribution in [0.1, 0.15) is 5.56 Å². The molecule has 0 bridgehead atoms. The first-order valence-electron chi connectivity index (χ1n) is 9.37. The first kappa shape index (κ1) is 23.5. The number of nitrogens with zero attached hydrogens (tertiary/aromatic N) is 3. The van der Waals surface area contributed by atoms with Gasteiger partial charge in [-0.15, -0.1) is 0 Å². The van der Waals surface area contributed by atoms with Gasteiger partial charge in [-0.3, -0.25) is 50.7 Å². The number of hydrogen-bond donors (Lipinski definition) is 4. The predicted molar refractivity (Wildman–Crippen MR) is 116 cm³/mol. The molecule has 5 amide bonds. The van der Waals surface area contributed by atoms with Gasteiger partial charge in [0, 0.05) is 11.8 Å². The van der Waals surface area contributed by atoms with E-state index < -0.39 is 56.6 Å². The molecular formula is C19H15N7O8. The van der Waals surface area contributed by atoms with Crippen LogP contribution in [0.2, 0.25) is 0 Å². The zero-order valence-electron chi connectivity index (χ0n) is 17.2. The Balaban J connectivity index is 2.00. The summed E-state index contributed by atoms with van der Waals surface area (Å²) in [5.74, 6) is -5.20. The summed E-state index contributed by atoms with van der Waals surface area (Å²) in [6, 6.07) is 7.96. The normalized spacial score (nSPS) is 14.1. The van der Waals surface area contributed by atoms with E-state index in [0.29, 0.717) is 6.07 Å². The lowest BCUT2D eigenvalue weighted by atomic mass is 9.99. The molecule has 0 unspecified atom stereocenters. The lowest BCUT2D eigenvalue weighted by molar-refractivity contribution is -0.393. The van der Waals surface area contributed by atoms with Crippen molar-refractivity contribution in [1.29, 1.82) is 0 Å². The fraction of sp³-hybridized carbons (Fsp3) is 0.105. The highest BCUT2D eigenvalue weighted by Gasteiger charge is 2.41. The zero-order chi connectivity index (χ0) is 25.0. The molecule has 174 valence electrons. The lowest BCUT2D eigenvalue weighted by Gasteiger charge is -2.21. The number of barbiturate groups is 1. The third-order valence-electron chi connectivity index (χ3n) is 4.50. The van der Waals surface area contributed by atoms with E-state index >= 15 is 0 Å². The summed E-state index contributed by atoms with van der Waals surface area (Å²) in [6.07, 6.45) is 0. The van der Waals surface area contributed by atoms with Crippen LogP contribution in [0.15, 0.2) is 47.6 Å². The second-order valence-electron chi connectivity index (χ2n) is 6.89. The first-order valence-corrected chi connectivity index (χ1v) is 9.37. The number of benzene rings is 2. The fourth-order valence-electron chi connectivity index (χ4n) is 2.84. The molecule has 4 N–H and O–H groups in total. The maximum Gasteiger partial charge on any atom is 0.328 e. The quantitative estimate of drug-likeness (QED) is 0.198. The summed E-state index contributed by atoms with van der Waals surface area (Å²) in [4.78, 5) is 69.4. The summed E-state index contributed by atoms with van der Waals surface area (Å²) in [5.41, 5.74) is 0.989. The molecule has 15 nitrogen and oxygen atoms in total. The van der Waals surface area contributed by atoms with Crippen LogP contribution in [0.25, 0.3) is 0 Å². The van der Waals surface area contributed by atoms with Crippen LogP contribution in [-0.4, -0.2) is 39.3 Å². The van der Waals surface area contributed by atoms with E-state index in [-0.39, 0.29) is 11.4 Å². The molecule has 0 atom stereocenters. The van der Waals surface area contributed by atoms with Crippen molar-refractivity contribution in [3.63, 3.8) is 0 Å². The van der Waals surface area contributed by atoms with Crippen LogP contribution in [0.5, 0.6) is 0 Å². The summed E-state index contributed by atoms with van der Waals surface area (Å²) < 4.78 is 0. The van der Waals surface area contributed by atoms with Crippen LogP contribution in [0.4, 0.5) is 27.5 Å². The maximum absolute atomic E-state index is 12.9. The van der Waals surface area contributed by atoms with Crippen molar-refractivity contribution in [2.24, 2.45) is 11.0 Å². The Labute approximate surface area is 189 Å². The molecule has 0 aromatic heterocycles. The van der Waals surface area contributed by atoms with Gasteiger partial charge >= 0.3 is 11.7 Å². The Morgan fingerprint density at radius 2 is 1.59 bits per heavy atom. The molecular weight excluding hydrogens is 454 g/mol. The highest BCUT2D eigenvalue weighted by atomic mass is 16.6. The van der Waals surface area contributed by atoms with Gasteiger partial charge in [0.25, 0.3) is 11.6 Å². The van der Waals surface area contributed by atoms with Gasteiger partial charge in [-0.05, 0) is 25.1 Å². The minimum atomic E-state index is -1.88. The smallest absolute Gasteiger partial charge is 0.321 e. The number of hydrazone groups is 1. The van der Waals surface area contributed by atoms with Crippen molar-refractivity contribution < 1.29 is 29.0 Å². The molecule has 0 saturated carbocycles. The Morgan fingerprint density at radius 1 is 0.971 bits per heavy atom. The van der Waals surface area contributed by atoms with E-state index in [4.69, 9.17) is 0 Å². The largest absolute Gasteiger partial charge is 0.328 e. The van der Waals surface area contributed by atoms with Crippen molar-refractivity contribution in [3.8, 4) is 0 Å².